The molecule has 0 spiro atoms. The van der Waals surface area contributed by atoms with Gasteiger partial charge in [-0.3, -0.25) is 14.2 Å². The van der Waals surface area contributed by atoms with Crippen LogP contribution in [0.3, 0.4) is 0 Å². The number of rotatable bonds is 4. The number of carbonyl (C=O) groups is 1. The third-order valence-corrected chi connectivity index (χ3v) is 4.53. The highest BCUT2D eigenvalue weighted by Crippen LogP contribution is 2.18. The first-order valence-electron chi connectivity index (χ1n) is 8.97. The summed E-state index contributed by atoms with van der Waals surface area (Å²) in [6, 6.07) is 17.3. The van der Waals surface area contributed by atoms with Gasteiger partial charge in [0.2, 0.25) is 0 Å². The molecule has 2 heterocycles. The number of carbonyl (C=O) groups excluding carboxylic acids is 1. The number of hydrogen-bond donors (Lipinski definition) is 1. The van der Waals surface area contributed by atoms with Crippen molar-refractivity contribution in [3.05, 3.63) is 88.6 Å². The van der Waals surface area contributed by atoms with Crippen LogP contribution in [0.15, 0.2) is 71.7 Å². The zero-order valence-corrected chi connectivity index (χ0v) is 15.9. The lowest BCUT2D eigenvalue weighted by Gasteiger charge is -2.12. The van der Waals surface area contributed by atoms with Gasteiger partial charge >= 0.3 is 0 Å². The van der Waals surface area contributed by atoms with Crippen LogP contribution >= 0.6 is 0 Å². The Labute approximate surface area is 166 Å². The van der Waals surface area contributed by atoms with E-state index in [9.17, 15) is 9.59 Å². The Morgan fingerprint density at radius 1 is 1.07 bits per heavy atom. The maximum absolute atomic E-state index is 12.9. The standard InChI is InChI=1S/C22H18N4O3/c1-14-24-20-19(7-4-12-23-20)22(28)26(14)17-6-3-5-16(13-17)25-21(27)15-8-10-18(29-2)11-9-15/h3-13H,1-2H3,(H,25,27). The number of fused-ring (bicyclic) bond motifs is 1. The monoisotopic (exact) mass is 386 g/mol. The van der Waals surface area contributed by atoms with Gasteiger partial charge < -0.3 is 10.1 Å². The molecular formula is C22H18N4O3. The van der Waals surface area contributed by atoms with E-state index in [1.807, 2.05) is 0 Å². The summed E-state index contributed by atoms with van der Waals surface area (Å²) in [5.41, 5.74) is 1.89. The summed E-state index contributed by atoms with van der Waals surface area (Å²) in [6.45, 7) is 1.75. The average Bonchev–Trinajstić information content (AvgIpc) is 2.74. The number of hydrogen-bond acceptors (Lipinski definition) is 5. The first-order chi connectivity index (χ1) is 14.1. The number of nitrogens with zero attached hydrogens (tertiary/aromatic N) is 3. The van der Waals surface area contributed by atoms with Gasteiger partial charge in [0.05, 0.1) is 18.2 Å². The lowest BCUT2D eigenvalue weighted by atomic mass is 10.2. The summed E-state index contributed by atoms with van der Waals surface area (Å²) in [5.74, 6) is 0.936. The van der Waals surface area contributed by atoms with Crippen molar-refractivity contribution in [3.63, 3.8) is 0 Å². The van der Waals surface area contributed by atoms with Crippen molar-refractivity contribution in [3.8, 4) is 11.4 Å². The van der Waals surface area contributed by atoms with Gasteiger partial charge in [-0.2, -0.15) is 0 Å². The van der Waals surface area contributed by atoms with Crippen molar-refractivity contribution in [1.82, 2.24) is 14.5 Å². The molecule has 2 aromatic heterocycles. The van der Waals surface area contributed by atoms with Crippen molar-refractivity contribution in [2.24, 2.45) is 0 Å². The highest BCUT2D eigenvalue weighted by Gasteiger charge is 2.12. The molecule has 144 valence electrons. The Bertz CT molecular complexity index is 1260. The fourth-order valence-electron chi connectivity index (χ4n) is 3.10. The maximum Gasteiger partial charge on any atom is 0.267 e. The summed E-state index contributed by atoms with van der Waals surface area (Å²) >= 11 is 0. The number of nitrogens with one attached hydrogen (secondary N) is 1. The molecular weight excluding hydrogens is 368 g/mol. The van der Waals surface area contributed by atoms with Gasteiger partial charge in [0.1, 0.15) is 11.6 Å². The van der Waals surface area contributed by atoms with E-state index in [2.05, 4.69) is 15.3 Å². The van der Waals surface area contributed by atoms with Gasteiger partial charge in [-0.1, -0.05) is 6.07 Å². The second kappa shape index (κ2) is 7.55. The summed E-state index contributed by atoms with van der Waals surface area (Å²) in [6.07, 6.45) is 1.61. The summed E-state index contributed by atoms with van der Waals surface area (Å²) in [4.78, 5) is 34.0. The van der Waals surface area contributed by atoms with E-state index in [4.69, 9.17) is 4.74 Å². The van der Waals surface area contributed by atoms with Crippen molar-refractivity contribution < 1.29 is 9.53 Å². The number of methoxy groups -OCH3 is 1. The fraction of sp³-hybridized carbons (Fsp3) is 0.0909. The van der Waals surface area contributed by atoms with Crippen LogP contribution in [0, 0.1) is 6.92 Å². The van der Waals surface area contributed by atoms with E-state index in [1.165, 1.54) is 4.57 Å². The van der Waals surface area contributed by atoms with Crippen LogP contribution in [0.2, 0.25) is 0 Å². The van der Waals surface area contributed by atoms with Gasteiger partial charge in [0.15, 0.2) is 5.65 Å². The molecule has 0 aliphatic carbocycles. The van der Waals surface area contributed by atoms with Crippen LogP contribution in [-0.4, -0.2) is 27.6 Å². The van der Waals surface area contributed by atoms with Crippen molar-refractivity contribution >= 4 is 22.6 Å². The van der Waals surface area contributed by atoms with E-state index in [0.717, 1.165) is 0 Å². The molecule has 1 N–H and O–H groups in total. The molecule has 7 nitrogen and oxygen atoms in total. The highest BCUT2D eigenvalue weighted by atomic mass is 16.5. The maximum atomic E-state index is 12.9. The Morgan fingerprint density at radius 3 is 2.62 bits per heavy atom. The van der Waals surface area contributed by atoms with Gasteiger partial charge in [-0.25, -0.2) is 9.97 Å². The van der Waals surface area contributed by atoms with E-state index in [1.54, 1.807) is 80.9 Å². The predicted octanol–water partition coefficient (Wildman–Crippen LogP) is 3.35. The molecule has 0 fully saturated rings. The summed E-state index contributed by atoms with van der Waals surface area (Å²) in [7, 11) is 1.57. The number of benzene rings is 2. The molecule has 0 radical (unpaired) electrons. The Kier molecular flexibility index (Phi) is 4.78. The lowest BCUT2D eigenvalue weighted by Crippen LogP contribution is -2.22. The largest absolute Gasteiger partial charge is 0.497 e. The molecule has 1 amide bonds. The smallest absolute Gasteiger partial charge is 0.267 e. The van der Waals surface area contributed by atoms with Crippen LogP contribution in [0.25, 0.3) is 16.7 Å². The minimum atomic E-state index is -0.255. The number of ether oxygens (including phenoxy) is 1. The van der Waals surface area contributed by atoms with Crippen molar-refractivity contribution in [2.45, 2.75) is 6.92 Å². The number of pyridine rings is 1. The second-order valence-electron chi connectivity index (χ2n) is 6.41. The molecule has 4 aromatic rings. The highest BCUT2D eigenvalue weighted by molar-refractivity contribution is 6.04. The van der Waals surface area contributed by atoms with Crippen LogP contribution < -0.4 is 15.6 Å². The topological polar surface area (TPSA) is 86.1 Å². The third kappa shape index (κ3) is 3.58. The van der Waals surface area contributed by atoms with Gasteiger partial charge in [-0.05, 0) is 61.5 Å². The van der Waals surface area contributed by atoms with Crippen LogP contribution in [0.1, 0.15) is 16.2 Å². The summed E-state index contributed by atoms with van der Waals surface area (Å²) < 4.78 is 6.62. The number of aromatic nitrogens is 3. The Morgan fingerprint density at radius 2 is 1.86 bits per heavy atom. The molecule has 0 aliphatic heterocycles. The normalized spacial score (nSPS) is 10.7. The lowest BCUT2D eigenvalue weighted by molar-refractivity contribution is 0.102. The molecule has 0 unspecified atom stereocenters. The first-order valence-corrected chi connectivity index (χ1v) is 8.97. The van der Waals surface area contributed by atoms with E-state index < -0.39 is 0 Å². The number of aryl methyl sites for hydroxylation is 1. The van der Waals surface area contributed by atoms with Crippen molar-refractivity contribution in [1.29, 1.82) is 0 Å². The third-order valence-electron chi connectivity index (χ3n) is 4.53. The molecule has 0 bridgehead atoms. The van der Waals surface area contributed by atoms with E-state index in [-0.39, 0.29) is 11.5 Å². The molecule has 0 atom stereocenters. The average molecular weight is 386 g/mol. The van der Waals surface area contributed by atoms with Gasteiger partial charge in [0.25, 0.3) is 11.5 Å². The first kappa shape index (κ1) is 18.4. The van der Waals surface area contributed by atoms with Crippen LogP contribution in [0.4, 0.5) is 5.69 Å². The van der Waals surface area contributed by atoms with Crippen molar-refractivity contribution in [2.75, 3.05) is 12.4 Å². The summed E-state index contributed by atoms with van der Waals surface area (Å²) in [5, 5.41) is 3.29. The quantitative estimate of drug-likeness (QED) is 0.581. The SMILES string of the molecule is COc1ccc(C(=O)Nc2cccc(-n3c(C)nc4ncccc4c3=O)c2)cc1. The molecule has 2 aromatic carbocycles. The number of anilines is 1. The molecule has 0 saturated heterocycles. The van der Waals surface area contributed by atoms with E-state index >= 15 is 0 Å². The Balaban J connectivity index is 1.68. The predicted molar refractivity (Wildman–Crippen MR) is 111 cm³/mol. The molecule has 4 rings (SSSR count). The molecule has 7 heteroatoms. The zero-order valence-electron chi connectivity index (χ0n) is 15.9. The van der Waals surface area contributed by atoms with Crippen LogP contribution in [-0.2, 0) is 0 Å². The Hall–Kier alpha value is -4.00. The zero-order chi connectivity index (χ0) is 20.4. The van der Waals surface area contributed by atoms with E-state index in [0.29, 0.717) is 39.5 Å². The fourth-order valence-corrected chi connectivity index (χ4v) is 3.10. The molecule has 29 heavy (non-hydrogen) atoms. The molecule has 0 aliphatic rings. The minimum Gasteiger partial charge on any atom is -0.497 e. The second-order valence-corrected chi connectivity index (χ2v) is 6.41. The van der Waals surface area contributed by atoms with Gasteiger partial charge in [-0.15, -0.1) is 0 Å². The van der Waals surface area contributed by atoms with Gasteiger partial charge in [0, 0.05) is 17.4 Å². The number of amides is 1. The van der Waals surface area contributed by atoms with Crippen LogP contribution in [0.5, 0.6) is 5.75 Å². The minimum absolute atomic E-state index is 0.209. The molecule has 0 saturated carbocycles.